The molecule has 2 heterocycles. The molecule has 0 bridgehead atoms. The molecule has 6 nitrogen and oxygen atoms in total. The first-order valence-electron chi connectivity index (χ1n) is 9.70. The minimum Gasteiger partial charge on any atom is -0.364 e. The smallest absolute Gasteiger partial charge is 0.267 e. The van der Waals surface area contributed by atoms with Crippen molar-refractivity contribution in [3.8, 4) is 0 Å². The number of amides is 2. The molecular formula is C23H21ClN4O2. The van der Waals surface area contributed by atoms with Gasteiger partial charge in [-0.2, -0.15) is 0 Å². The second kappa shape index (κ2) is 8.24. The van der Waals surface area contributed by atoms with Crippen LogP contribution in [0.25, 0.3) is 0 Å². The monoisotopic (exact) mass is 420 g/mol. The predicted molar refractivity (Wildman–Crippen MR) is 114 cm³/mol. The number of halogens is 1. The fourth-order valence-corrected chi connectivity index (χ4v) is 4.24. The number of carbonyl (C=O) groups is 2. The molecule has 1 aliphatic rings. The molecule has 4 rings (SSSR count). The minimum atomic E-state index is -0.617. The van der Waals surface area contributed by atoms with Crippen molar-refractivity contribution in [2.75, 3.05) is 0 Å². The van der Waals surface area contributed by atoms with Crippen molar-refractivity contribution in [3.05, 3.63) is 93.5 Å². The third-order valence-electron chi connectivity index (χ3n) is 5.49. The van der Waals surface area contributed by atoms with Crippen molar-refractivity contribution in [1.82, 2.24) is 14.9 Å². The highest BCUT2D eigenvalue weighted by molar-refractivity contribution is 6.30. The van der Waals surface area contributed by atoms with E-state index in [-0.39, 0.29) is 24.2 Å². The number of primary amides is 1. The van der Waals surface area contributed by atoms with E-state index < -0.39 is 5.91 Å². The maximum atomic E-state index is 13.6. The predicted octanol–water partition coefficient (Wildman–Crippen LogP) is 3.87. The van der Waals surface area contributed by atoms with Gasteiger partial charge in [-0.3, -0.25) is 19.6 Å². The first kappa shape index (κ1) is 20.0. The van der Waals surface area contributed by atoms with Crippen molar-refractivity contribution >= 4 is 23.4 Å². The highest BCUT2D eigenvalue weighted by Gasteiger charge is 2.33. The van der Waals surface area contributed by atoms with Crippen molar-refractivity contribution in [2.24, 2.45) is 5.73 Å². The average Bonchev–Trinajstić information content (AvgIpc) is 3.14. The molecule has 1 aliphatic carbocycles. The summed E-state index contributed by atoms with van der Waals surface area (Å²) in [7, 11) is 0. The number of aryl methyl sites for hydroxylation is 2. The summed E-state index contributed by atoms with van der Waals surface area (Å²) in [6, 6.07) is 12.7. The molecule has 2 N–H and O–H groups in total. The van der Waals surface area contributed by atoms with Crippen LogP contribution in [0.15, 0.2) is 54.9 Å². The summed E-state index contributed by atoms with van der Waals surface area (Å²) in [4.78, 5) is 35.7. The molecular weight excluding hydrogens is 400 g/mol. The summed E-state index contributed by atoms with van der Waals surface area (Å²) in [5.74, 6) is -0.762. The zero-order valence-electron chi connectivity index (χ0n) is 16.5. The van der Waals surface area contributed by atoms with Crippen molar-refractivity contribution in [3.63, 3.8) is 0 Å². The second-order valence-electron chi connectivity index (χ2n) is 7.34. The van der Waals surface area contributed by atoms with Gasteiger partial charge < -0.3 is 10.6 Å². The number of rotatable bonds is 5. The Morgan fingerprint density at radius 2 is 1.93 bits per heavy atom. The van der Waals surface area contributed by atoms with Crippen LogP contribution < -0.4 is 5.73 Å². The van der Waals surface area contributed by atoms with Crippen LogP contribution in [0.1, 0.15) is 55.7 Å². The summed E-state index contributed by atoms with van der Waals surface area (Å²) in [6.45, 7) is 2.03. The van der Waals surface area contributed by atoms with Gasteiger partial charge in [0, 0.05) is 35.2 Å². The van der Waals surface area contributed by atoms with Gasteiger partial charge in [-0.25, -0.2) is 0 Å². The molecule has 0 unspecified atom stereocenters. The molecule has 152 valence electrons. The molecule has 0 saturated carbocycles. The zero-order chi connectivity index (χ0) is 21.3. The Labute approximate surface area is 179 Å². The first-order chi connectivity index (χ1) is 14.5. The fraction of sp³-hybridized carbons (Fsp3) is 0.217. The molecule has 7 heteroatoms. The first-order valence-corrected chi connectivity index (χ1v) is 10.1. The van der Waals surface area contributed by atoms with Gasteiger partial charge in [-0.05, 0) is 61.2 Å². The van der Waals surface area contributed by atoms with Gasteiger partial charge in [-0.15, -0.1) is 0 Å². The Bertz CT molecular complexity index is 1130. The fourth-order valence-electron chi connectivity index (χ4n) is 4.05. The SMILES string of the molecule is Cc1ncccc1C(=O)N(Cc1cccnc1C(N)=O)[C@@H]1CCc2cc(Cl)ccc21. The van der Waals surface area contributed by atoms with Gasteiger partial charge in [-0.1, -0.05) is 23.7 Å². The number of hydrogen-bond acceptors (Lipinski definition) is 4. The summed E-state index contributed by atoms with van der Waals surface area (Å²) in [6.07, 6.45) is 4.78. The molecule has 0 aliphatic heterocycles. The lowest BCUT2D eigenvalue weighted by Gasteiger charge is -2.31. The molecule has 1 atom stereocenters. The van der Waals surface area contributed by atoms with E-state index in [0.29, 0.717) is 21.8 Å². The highest BCUT2D eigenvalue weighted by Crippen LogP contribution is 2.38. The number of carbonyl (C=O) groups excluding carboxylic acids is 2. The quantitative estimate of drug-likeness (QED) is 0.678. The van der Waals surface area contributed by atoms with Gasteiger partial charge in [0.15, 0.2) is 0 Å². The van der Waals surface area contributed by atoms with Crippen LogP contribution in [0.2, 0.25) is 5.02 Å². The standard InChI is InChI=1S/C23H21ClN4O2/c1-14-18(5-3-10-26-14)23(30)28(13-16-4-2-11-27-21(16)22(25)29)20-9-6-15-12-17(24)7-8-19(15)20/h2-5,7-8,10-12,20H,6,9,13H2,1H3,(H2,25,29)/t20-/m1/s1. The number of pyridine rings is 2. The Hall–Kier alpha value is -3.25. The van der Waals surface area contributed by atoms with Crippen LogP contribution in [0.5, 0.6) is 0 Å². The number of benzene rings is 1. The molecule has 0 fully saturated rings. The van der Waals surface area contributed by atoms with E-state index >= 15 is 0 Å². The van der Waals surface area contributed by atoms with Crippen LogP contribution in [-0.4, -0.2) is 26.7 Å². The lowest BCUT2D eigenvalue weighted by Crippen LogP contribution is -2.35. The van der Waals surface area contributed by atoms with E-state index in [9.17, 15) is 9.59 Å². The maximum Gasteiger partial charge on any atom is 0.267 e. The summed E-state index contributed by atoms with van der Waals surface area (Å²) in [5, 5.41) is 0.679. The molecule has 30 heavy (non-hydrogen) atoms. The van der Waals surface area contributed by atoms with E-state index in [0.717, 1.165) is 24.0 Å². The van der Waals surface area contributed by atoms with Crippen LogP contribution in [0, 0.1) is 6.92 Å². The largest absolute Gasteiger partial charge is 0.364 e. The molecule has 3 aromatic rings. The van der Waals surface area contributed by atoms with Crippen molar-refractivity contribution in [1.29, 1.82) is 0 Å². The molecule has 0 spiro atoms. The van der Waals surface area contributed by atoms with Crippen LogP contribution in [-0.2, 0) is 13.0 Å². The van der Waals surface area contributed by atoms with Gasteiger partial charge in [0.2, 0.25) is 0 Å². The summed E-state index contributed by atoms with van der Waals surface area (Å²) in [5.41, 5.74) is 9.70. The van der Waals surface area contributed by atoms with Gasteiger partial charge >= 0.3 is 0 Å². The van der Waals surface area contributed by atoms with Crippen molar-refractivity contribution in [2.45, 2.75) is 32.4 Å². The third kappa shape index (κ3) is 3.78. The van der Waals surface area contributed by atoms with E-state index in [2.05, 4.69) is 9.97 Å². The molecule has 2 amide bonds. The molecule has 0 radical (unpaired) electrons. The van der Waals surface area contributed by atoms with E-state index in [1.54, 1.807) is 35.4 Å². The van der Waals surface area contributed by atoms with E-state index in [1.807, 2.05) is 25.1 Å². The number of aromatic nitrogens is 2. The lowest BCUT2D eigenvalue weighted by atomic mass is 10.0. The normalized spacial score (nSPS) is 14.9. The topological polar surface area (TPSA) is 89.2 Å². The lowest BCUT2D eigenvalue weighted by molar-refractivity contribution is 0.0654. The van der Waals surface area contributed by atoms with Gasteiger partial charge in [0.25, 0.3) is 11.8 Å². The number of nitrogens with two attached hydrogens (primary N) is 1. The van der Waals surface area contributed by atoms with E-state index in [4.69, 9.17) is 17.3 Å². The van der Waals surface area contributed by atoms with Crippen molar-refractivity contribution < 1.29 is 9.59 Å². The Morgan fingerprint density at radius 1 is 1.17 bits per heavy atom. The Morgan fingerprint density at radius 3 is 2.70 bits per heavy atom. The van der Waals surface area contributed by atoms with Gasteiger partial charge in [0.05, 0.1) is 11.6 Å². The highest BCUT2D eigenvalue weighted by atomic mass is 35.5. The average molecular weight is 421 g/mol. The molecule has 0 saturated heterocycles. The van der Waals surface area contributed by atoms with Crippen LogP contribution >= 0.6 is 11.6 Å². The number of hydrogen-bond donors (Lipinski definition) is 1. The number of fused-ring (bicyclic) bond motifs is 1. The minimum absolute atomic E-state index is 0.146. The third-order valence-corrected chi connectivity index (χ3v) is 5.73. The summed E-state index contributed by atoms with van der Waals surface area (Å²) >= 11 is 6.17. The Kier molecular flexibility index (Phi) is 5.50. The van der Waals surface area contributed by atoms with E-state index in [1.165, 1.54) is 6.20 Å². The number of nitrogens with zero attached hydrogens (tertiary/aromatic N) is 3. The Balaban J connectivity index is 1.78. The van der Waals surface area contributed by atoms with Crippen LogP contribution in [0.4, 0.5) is 0 Å². The van der Waals surface area contributed by atoms with Gasteiger partial charge in [0.1, 0.15) is 5.69 Å². The molecule has 1 aromatic carbocycles. The zero-order valence-corrected chi connectivity index (χ0v) is 17.3. The summed E-state index contributed by atoms with van der Waals surface area (Å²) < 4.78 is 0. The maximum absolute atomic E-state index is 13.6. The van der Waals surface area contributed by atoms with Crippen LogP contribution in [0.3, 0.4) is 0 Å². The second-order valence-corrected chi connectivity index (χ2v) is 7.78. The molecule has 2 aromatic heterocycles.